The molecular formula is C11H6F3N3OS2. The van der Waals surface area contributed by atoms with Gasteiger partial charge in [-0.25, -0.2) is 0 Å². The molecule has 1 aromatic carbocycles. The quantitative estimate of drug-likeness (QED) is 0.797. The number of anilines is 1. The number of rotatable bonds is 2. The number of fused-ring (bicyclic) bond motifs is 1. The molecule has 3 rings (SSSR count). The maximum absolute atomic E-state index is 12.2. The highest BCUT2D eigenvalue weighted by atomic mass is 32.2. The molecule has 0 radical (unpaired) electrons. The van der Waals surface area contributed by atoms with Crippen molar-refractivity contribution in [3.05, 3.63) is 34.8 Å². The van der Waals surface area contributed by atoms with Gasteiger partial charge in [0.25, 0.3) is 5.91 Å². The Morgan fingerprint density at radius 2 is 1.95 bits per heavy atom. The summed E-state index contributed by atoms with van der Waals surface area (Å²) in [5.74, 6) is -0.216. The van der Waals surface area contributed by atoms with Gasteiger partial charge < -0.3 is 4.90 Å². The topological polar surface area (TPSA) is 46.1 Å². The number of amides is 1. The number of halogens is 3. The fraction of sp³-hybridized carbons (Fsp3) is 0.182. The van der Waals surface area contributed by atoms with Crippen LogP contribution in [0.25, 0.3) is 0 Å². The van der Waals surface area contributed by atoms with Gasteiger partial charge in [0.2, 0.25) is 0 Å². The molecule has 2 heterocycles. The van der Waals surface area contributed by atoms with Gasteiger partial charge in [0.15, 0.2) is 0 Å². The van der Waals surface area contributed by atoms with Gasteiger partial charge in [0, 0.05) is 10.6 Å². The Bertz CT molecular complexity index is 654. The van der Waals surface area contributed by atoms with Crippen molar-refractivity contribution >= 4 is 34.9 Å². The van der Waals surface area contributed by atoms with Crippen LogP contribution in [0.4, 0.5) is 18.9 Å². The summed E-state index contributed by atoms with van der Waals surface area (Å²) in [6.45, 7) is 0.302. The molecule has 1 aliphatic heterocycles. The van der Waals surface area contributed by atoms with Crippen LogP contribution in [-0.4, -0.2) is 21.0 Å². The standard InChI is InChI=1S/C11H6F3N3OS2/c12-11(13,14)19-7-3-1-6(2-4-7)17-5-8-9(10(17)18)20-16-15-8/h1-4H,5H2. The van der Waals surface area contributed by atoms with Gasteiger partial charge in [-0.3, -0.25) is 4.79 Å². The zero-order valence-electron chi connectivity index (χ0n) is 9.72. The lowest BCUT2D eigenvalue weighted by Gasteiger charge is -2.15. The molecule has 9 heteroatoms. The van der Waals surface area contributed by atoms with Gasteiger partial charge in [-0.15, -0.1) is 5.10 Å². The lowest BCUT2D eigenvalue weighted by molar-refractivity contribution is -0.0328. The zero-order valence-corrected chi connectivity index (χ0v) is 11.3. The summed E-state index contributed by atoms with van der Waals surface area (Å²) in [5, 5.41) is 3.84. The maximum atomic E-state index is 12.2. The molecule has 1 amide bonds. The largest absolute Gasteiger partial charge is 0.446 e. The second kappa shape index (κ2) is 4.74. The Morgan fingerprint density at radius 3 is 2.55 bits per heavy atom. The summed E-state index contributed by atoms with van der Waals surface area (Å²) in [6.07, 6.45) is 0. The average Bonchev–Trinajstić information content (AvgIpc) is 2.92. The predicted octanol–water partition coefficient (Wildman–Crippen LogP) is 3.31. The molecule has 2 aromatic rings. The molecule has 4 nitrogen and oxygen atoms in total. The molecule has 0 spiro atoms. The minimum absolute atomic E-state index is 0.0856. The second-order valence-corrected chi connectivity index (χ2v) is 5.87. The molecule has 0 unspecified atom stereocenters. The van der Waals surface area contributed by atoms with E-state index in [1.165, 1.54) is 29.2 Å². The van der Waals surface area contributed by atoms with Gasteiger partial charge in [-0.1, -0.05) is 4.49 Å². The first-order chi connectivity index (χ1) is 9.44. The summed E-state index contributed by atoms with van der Waals surface area (Å²) in [5.41, 5.74) is -3.16. The Hall–Kier alpha value is -1.61. The van der Waals surface area contributed by atoms with Crippen LogP contribution >= 0.6 is 23.3 Å². The van der Waals surface area contributed by atoms with Crippen molar-refractivity contribution in [1.82, 2.24) is 9.59 Å². The van der Waals surface area contributed by atoms with Crippen LogP contribution in [0.2, 0.25) is 0 Å². The monoisotopic (exact) mass is 317 g/mol. The van der Waals surface area contributed by atoms with Crippen LogP contribution < -0.4 is 4.90 Å². The molecule has 0 saturated carbocycles. The normalized spacial score (nSPS) is 14.8. The Balaban J connectivity index is 1.80. The molecule has 0 fully saturated rings. The van der Waals surface area contributed by atoms with Gasteiger partial charge >= 0.3 is 5.51 Å². The van der Waals surface area contributed by atoms with Gasteiger partial charge in [-0.2, -0.15) is 13.2 Å². The molecular weight excluding hydrogens is 311 g/mol. The first-order valence-corrected chi connectivity index (χ1v) is 7.02. The molecule has 1 aromatic heterocycles. The van der Waals surface area contributed by atoms with Gasteiger partial charge in [0.05, 0.1) is 6.54 Å². The SMILES string of the molecule is O=C1c2snnc2CN1c1ccc(SC(F)(F)F)cc1. The Labute approximate surface area is 119 Å². The third kappa shape index (κ3) is 2.50. The molecule has 1 aliphatic rings. The number of benzene rings is 1. The van der Waals surface area contributed by atoms with Crippen LogP contribution in [-0.2, 0) is 6.54 Å². The number of carbonyl (C=O) groups excluding carboxylic acids is 1. The lowest BCUT2D eigenvalue weighted by atomic mass is 10.3. The van der Waals surface area contributed by atoms with Crippen molar-refractivity contribution in [3.8, 4) is 0 Å². The van der Waals surface area contributed by atoms with E-state index in [-0.39, 0.29) is 22.6 Å². The number of hydrogen-bond acceptors (Lipinski definition) is 5. The van der Waals surface area contributed by atoms with Crippen LogP contribution in [0.1, 0.15) is 15.4 Å². The number of nitrogens with zero attached hydrogens (tertiary/aromatic N) is 3. The van der Waals surface area contributed by atoms with Crippen molar-refractivity contribution in [1.29, 1.82) is 0 Å². The third-order valence-corrected chi connectivity index (χ3v) is 4.18. The summed E-state index contributed by atoms with van der Waals surface area (Å²) >= 11 is 0.842. The first-order valence-electron chi connectivity index (χ1n) is 5.43. The molecule has 0 N–H and O–H groups in total. The second-order valence-electron chi connectivity index (χ2n) is 3.98. The van der Waals surface area contributed by atoms with E-state index in [1.54, 1.807) is 0 Å². The van der Waals surface area contributed by atoms with Crippen molar-refractivity contribution < 1.29 is 18.0 Å². The van der Waals surface area contributed by atoms with Crippen LogP contribution in [0.15, 0.2) is 29.2 Å². The highest BCUT2D eigenvalue weighted by Crippen LogP contribution is 2.38. The van der Waals surface area contributed by atoms with Crippen molar-refractivity contribution in [3.63, 3.8) is 0 Å². The maximum Gasteiger partial charge on any atom is 0.446 e. The van der Waals surface area contributed by atoms with Crippen LogP contribution in [0.3, 0.4) is 0 Å². The number of carbonyl (C=O) groups is 1. The number of hydrogen-bond donors (Lipinski definition) is 0. The summed E-state index contributed by atoms with van der Waals surface area (Å²) in [7, 11) is 0. The summed E-state index contributed by atoms with van der Waals surface area (Å²) in [4.78, 5) is 14.1. The fourth-order valence-corrected chi connectivity index (χ4v) is 3.01. The number of alkyl halides is 3. The molecule has 0 aliphatic carbocycles. The molecule has 104 valence electrons. The Kier molecular flexibility index (Phi) is 3.17. The fourth-order valence-electron chi connectivity index (χ4n) is 1.85. The molecule has 0 bridgehead atoms. The van der Waals surface area contributed by atoms with E-state index >= 15 is 0 Å². The van der Waals surface area contributed by atoms with E-state index in [4.69, 9.17) is 0 Å². The minimum atomic E-state index is -4.31. The molecule has 20 heavy (non-hydrogen) atoms. The van der Waals surface area contributed by atoms with E-state index in [2.05, 4.69) is 9.59 Å². The first kappa shape index (κ1) is 13.4. The zero-order chi connectivity index (χ0) is 14.3. The van der Waals surface area contributed by atoms with Gasteiger partial charge in [-0.05, 0) is 47.6 Å². The number of thioether (sulfide) groups is 1. The number of aromatic nitrogens is 2. The van der Waals surface area contributed by atoms with E-state index in [1.807, 2.05) is 0 Å². The average molecular weight is 317 g/mol. The smallest absolute Gasteiger partial charge is 0.301 e. The minimum Gasteiger partial charge on any atom is -0.301 e. The molecule has 0 atom stereocenters. The van der Waals surface area contributed by atoms with E-state index in [0.717, 1.165) is 11.5 Å². The third-order valence-electron chi connectivity index (χ3n) is 2.68. The molecule has 0 saturated heterocycles. The van der Waals surface area contributed by atoms with E-state index < -0.39 is 5.51 Å². The summed E-state index contributed by atoms with van der Waals surface area (Å²) in [6, 6.07) is 5.68. The highest BCUT2D eigenvalue weighted by Gasteiger charge is 2.33. The predicted molar refractivity (Wildman–Crippen MR) is 68.8 cm³/mol. The van der Waals surface area contributed by atoms with Crippen molar-refractivity contribution in [2.75, 3.05) is 4.90 Å². The van der Waals surface area contributed by atoms with E-state index in [0.29, 0.717) is 22.8 Å². The van der Waals surface area contributed by atoms with Crippen LogP contribution in [0, 0.1) is 0 Å². The van der Waals surface area contributed by atoms with E-state index in [9.17, 15) is 18.0 Å². The van der Waals surface area contributed by atoms with Crippen molar-refractivity contribution in [2.45, 2.75) is 16.9 Å². The van der Waals surface area contributed by atoms with Crippen LogP contribution in [0.5, 0.6) is 0 Å². The summed E-state index contributed by atoms with van der Waals surface area (Å²) < 4.78 is 40.4. The van der Waals surface area contributed by atoms with Crippen molar-refractivity contribution in [2.24, 2.45) is 0 Å². The lowest BCUT2D eigenvalue weighted by Crippen LogP contribution is -2.22. The Morgan fingerprint density at radius 1 is 1.25 bits per heavy atom. The highest BCUT2D eigenvalue weighted by molar-refractivity contribution is 8.00. The van der Waals surface area contributed by atoms with Gasteiger partial charge in [0.1, 0.15) is 10.6 Å².